The molecule has 1 saturated carbocycles. The smallest absolute Gasteiger partial charge is 0.410 e. The molecular formula is C23H23F4N3O5. The first-order valence-electron chi connectivity index (χ1n) is 11.0. The zero-order valence-corrected chi connectivity index (χ0v) is 19.0. The highest BCUT2D eigenvalue weighted by Gasteiger charge is 2.74. The summed E-state index contributed by atoms with van der Waals surface area (Å²) in [4.78, 5) is 44.0. The molecule has 2 heterocycles. The molecule has 1 aromatic carbocycles. The van der Waals surface area contributed by atoms with E-state index >= 15 is 0 Å². The lowest BCUT2D eigenvalue weighted by molar-refractivity contribution is -0.330. The number of carbonyl (C=O) groups excluding carboxylic acids is 2. The van der Waals surface area contributed by atoms with E-state index in [1.54, 1.807) is 37.3 Å². The van der Waals surface area contributed by atoms with Crippen LogP contribution in [0.15, 0.2) is 35.1 Å². The van der Waals surface area contributed by atoms with Gasteiger partial charge in [-0.15, -0.1) is 0 Å². The molecule has 1 aliphatic carbocycles. The summed E-state index contributed by atoms with van der Waals surface area (Å²) in [5.41, 5.74) is 0.503. The monoisotopic (exact) mass is 497 g/mol. The summed E-state index contributed by atoms with van der Waals surface area (Å²) in [5.74, 6) is -9.11. The minimum atomic E-state index is -4.43. The molecule has 188 valence electrons. The Labute approximate surface area is 197 Å². The predicted molar refractivity (Wildman–Crippen MR) is 113 cm³/mol. The fourth-order valence-electron chi connectivity index (χ4n) is 4.24. The van der Waals surface area contributed by atoms with Crippen molar-refractivity contribution in [1.29, 1.82) is 0 Å². The molecule has 35 heavy (non-hydrogen) atoms. The lowest BCUT2D eigenvalue weighted by atomic mass is 9.85. The summed E-state index contributed by atoms with van der Waals surface area (Å²) >= 11 is 0. The van der Waals surface area contributed by atoms with Gasteiger partial charge in [0.25, 0.3) is 5.56 Å². The molecule has 2 unspecified atom stereocenters. The van der Waals surface area contributed by atoms with E-state index in [9.17, 15) is 31.9 Å². The lowest BCUT2D eigenvalue weighted by Crippen LogP contribution is -2.64. The maximum Gasteiger partial charge on any atom is 0.410 e. The third-order valence-electron chi connectivity index (χ3n) is 6.16. The number of hydrogen-bond acceptors (Lipinski definition) is 6. The van der Waals surface area contributed by atoms with E-state index < -0.39 is 48.0 Å². The minimum Gasteiger partial charge on any atom is -0.464 e. The fourth-order valence-corrected chi connectivity index (χ4v) is 4.24. The number of aromatic nitrogens is 2. The van der Waals surface area contributed by atoms with E-state index in [0.717, 1.165) is 4.90 Å². The topological polar surface area (TPSA) is 90.7 Å². The number of benzene rings is 1. The standard InChI is InChI=1S/C23H23F4N3O5/c1-3-34-20(32)18(14-7-5-4-6-8-14)30-13(2)28-16-12-29(10-9-15(16)19(30)31)21(33)35-17-11-22(24,25)23(17,26)27/h4-8,17-18H,3,9-12H2,1-2H3. The zero-order valence-electron chi connectivity index (χ0n) is 19.0. The third-order valence-corrected chi connectivity index (χ3v) is 6.16. The first-order chi connectivity index (χ1) is 16.5. The third kappa shape index (κ3) is 4.25. The summed E-state index contributed by atoms with van der Waals surface area (Å²) in [6, 6.07) is 7.50. The number of alkyl halides is 4. The van der Waals surface area contributed by atoms with Crippen molar-refractivity contribution in [1.82, 2.24) is 14.5 Å². The normalized spacial score (nSPS) is 20.9. The zero-order chi connectivity index (χ0) is 25.5. The van der Waals surface area contributed by atoms with E-state index in [0.29, 0.717) is 5.56 Å². The molecular weight excluding hydrogens is 474 g/mol. The van der Waals surface area contributed by atoms with Gasteiger partial charge in [-0.3, -0.25) is 9.36 Å². The van der Waals surface area contributed by atoms with Crippen molar-refractivity contribution in [3.05, 3.63) is 63.3 Å². The second-order valence-corrected chi connectivity index (χ2v) is 8.40. The lowest BCUT2D eigenvalue weighted by Gasteiger charge is -2.43. The van der Waals surface area contributed by atoms with Gasteiger partial charge in [-0.1, -0.05) is 30.3 Å². The van der Waals surface area contributed by atoms with Crippen LogP contribution in [0.3, 0.4) is 0 Å². The number of hydrogen-bond donors (Lipinski definition) is 0. The van der Waals surface area contributed by atoms with Crippen LogP contribution in [0.2, 0.25) is 0 Å². The van der Waals surface area contributed by atoms with E-state index in [1.165, 1.54) is 11.5 Å². The van der Waals surface area contributed by atoms with Crippen molar-refractivity contribution >= 4 is 12.1 Å². The Morgan fingerprint density at radius 3 is 2.49 bits per heavy atom. The van der Waals surface area contributed by atoms with Crippen molar-refractivity contribution < 1.29 is 36.6 Å². The van der Waals surface area contributed by atoms with Crippen LogP contribution in [0.25, 0.3) is 0 Å². The molecule has 1 fully saturated rings. The van der Waals surface area contributed by atoms with Crippen molar-refractivity contribution in [3.63, 3.8) is 0 Å². The fraction of sp³-hybridized carbons (Fsp3) is 0.478. The van der Waals surface area contributed by atoms with Crippen LogP contribution in [0.5, 0.6) is 0 Å². The largest absolute Gasteiger partial charge is 0.464 e. The molecule has 2 aliphatic rings. The molecule has 2 atom stereocenters. The Hall–Kier alpha value is -3.44. The predicted octanol–water partition coefficient (Wildman–Crippen LogP) is 3.24. The molecule has 0 saturated heterocycles. The van der Waals surface area contributed by atoms with Gasteiger partial charge in [0, 0.05) is 12.1 Å². The number of ether oxygens (including phenoxy) is 2. The van der Waals surface area contributed by atoms with E-state index in [-0.39, 0.29) is 43.2 Å². The van der Waals surface area contributed by atoms with Crippen LogP contribution in [-0.2, 0) is 27.2 Å². The van der Waals surface area contributed by atoms with E-state index in [1.807, 2.05) is 0 Å². The van der Waals surface area contributed by atoms with Gasteiger partial charge in [-0.25, -0.2) is 14.6 Å². The van der Waals surface area contributed by atoms with Gasteiger partial charge in [0.05, 0.1) is 25.3 Å². The second-order valence-electron chi connectivity index (χ2n) is 8.40. The summed E-state index contributed by atoms with van der Waals surface area (Å²) in [5, 5.41) is 0. The molecule has 1 aliphatic heterocycles. The van der Waals surface area contributed by atoms with Crippen LogP contribution in [0, 0.1) is 6.92 Å². The molecule has 1 amide bonds. The van der Waals surface area contributed by atoms with E-state index in [2.05, 4.69) is 9.72 Å². The van der Waals surface area contributed by atoms with Crippen LogP contribution >= 0.6 is 0 Å². The molecule has 0 radical (unpaired) electrons. The molecule has 4 rings (SSSR count). The van der Waals surface area contributed by atoms with Gasteiger partial charge in [0.15, 0.2) is 12.1 Å². The van der Waals surface area contributed by atoms with E-state index in [4.69, 9.17) is 4.74 Å². The van der Waals surface area contributed by atoms with Crippen molar-refractivity contribution in [3.8, 4) is 0 Å². The summed E-state index contributed by atoms with van der Waals surface area (Å²) in [6.45, 7) is 2.97. The Balaban J connectivity index is 1.60. The van der Waals surface area contributed by atoms with Crippen LogP contribution in [0.4, 0.5) is 22.4 Å². The Kier molecular flexibility index (Phi) is 6.32. The van der Waals surface area contributed by atoms with Crippen LogP contribution < -0.4 is 5.56 Å². The molecule has 2 aromatic rings. The number of fused-ring (bicyclic) bond motifs is 1. The minimum absolute atomic E-state index is 0.0120. The number of rotatable bonds is 5. The highest BCUT2D eigenvalue weighted by Crippen LogP contribution is 2.52. The van der Waals surface area contributed by atoms with Gasteiger partial charge in [-0.2, -0.15) is 17.6 Å². The molecule has 0 spiro atoms. The number of halogens is 4. The second kappa shape index (κ2) is 8.97. The van der Waals surface area contributed by atoms with Crippen LogP contribution in [0.1, 0.15) is 42.0 Å². The maximum atomic E-state index is 13.5. The Morgan fingerprint density at radius 1 is 1.20 bits per heavy atom. The van der Waals surface area contributed by atoms with Gasteiger partial charge >= 0.3 is 23.9 Å². The van der Waals surface area contributed by atoms with Crippen molar-refractivity contribution in [2.24, 2.45) is 0 Å². The number of carbonyl (C=O) groups is 2. The molecule has 1 aromatic heterocycles. The molecule has 0 N–H and O–H groups in total. The number of esters is 1. The highest BCUT2D eigenvalue weighted by atomic mass is 19.3. The average Bonchev–Trinajstić information content (AvgIpc) is 2.81. The summed E-state index contributed by atoms with van der Waals surface area (Å²) in [7, 11) is 0. The first-order valence-corrected chi connectivity index (χ1v) is 11.0. The summed E-state index contributed by atoms with van der Waals surface area (Å²) in [6.07, 6.45) is -4.65. The van der Waals surface area contributed by atoms with Crippen molar-refractivity contribution in [2.75, 3.05) is 13.2 Å². The SMILES string of the molecule is CCOC(=O)C(c1ccccc1)n1c(C)nc2c(c1=O)CCN(C(=O)OC1CC(F)(F)C1(F)F)C2. The molecule has 8 nitrogen and oxygen atoms in total. The number of nitrogens with zero attached hydrogens (tertiary/aromatic N) is 3. The van der Waals surface area contributed by atoms with Gasteiger partial charge in [0.2, 0.25) is 0 Å². The molecule has 12 heteroatoms. The van der Waals surface area contributed by atoms with Crippen molar-refractivity contribution in [2.45, 2.75) is 57.2 Å². The molecule has 0 bridgehead atoms. The van der Waals surface area contributed by atoms with Gasteiger partial charge in [-0.05, 0) is 25.8 Å². The number of aryl methyl sites for hydroxylation is 1. The van der Waals surface area contributed by atoms with Gasteiger partial charge < -0.3 is 14.4 Å². The van der Waals surface area contributed by atoms with Crippen LogP contribution in [-0.4, -0.2) is 57.6 Å². The first kappa shape index (κ1) is 24.7. The summed E-state index contributed by atoms with van der Waals surface area (Å²) < 4.78 is 64.1. The quantitative estimate of drug-likeness (QED) is 0.466. The highest BCUT2D eigenvalue weighted by molar-refractivity contribution is 5.78. The number of amides is 1. The average molecular weight is 497 g/mol. The van der Waals surface area contributed by atoms with Gasteiger partial charge in [0.1, 0.15) is 5.82 Å². The Morgan fingerprint density at radius 2 is 1.89 bits per heavy atom. The maximum absolute atomic E-state index is 13.5. The Bertz CT molecular complexity index is 1200.